The molecule has 3 aromatic carbocycles. The second kappa shape index (κ2) is 15.9. The minimum atomic E-state index is -1.30. The van der Waals surface area contributed by atoms with E-state index >= 15 is 4.79 Å². The van der Waals surface area contributed by atoms with Gasteiger partial charge in [0.1, 0.15) is 23.9 Å². The molecule has 1 saturated heterocycles. The molecule has 9 heteroatoms. The Balaban J connectivity index is 1.29. The molecule has 3 aromatic rings. The Morgan fingerprint density at radius 1 is 0.712 bits per heavy atom. The summed E-state index contributed by atoms with van der Waals surface area (Å²) < 4.78 is 26.5. The lowest BCUT2D eigenvalue weighted by Gasteiger charge is -2.68. The molecule has 3 saturated carbocycles. The summed E-state index contributed by atoms with van der Waals surface area (Å²) in [5.41, 5.74) is -0.929. The number of hydrogen-bond acceptors (Lipinski definition) is 9. The van der Waals surface area contributed by atoms with Gasteiger partial charge in [-0.2, -0.15) is 0 Å². The lowest BCUT2D eigenvalue weighted by atomic mass is 9.40. The molecule has 0 amide bonds. The summed E-state index contributed by atoms with van der Waals surface area (Å²) >= 11 is 0. The van der Waals surface area contributed by atoms with Crippen molar-refractivity contribution in [3.8, 4) is 0 Å². The van der Waals surface area contributed by atoms with Crippen molar-refractivity contribution in [2.75, 3.05) is 0 Å². The summed E-state index contributed by atoms with van der Waals surface area (Å²) in [6, 6.07) is 26.3. The summed E-state index contributed by atoms with van der Waals surface area (Å²) in [4.78, 5) is 71.3. The Bertz CT molecular complexity index is 2110. The van der Waals surface area contributed by atoms with E-state index in [2.05, 4.69) is 27.7 Å². The van der Waals surface area contributed by atoms with Crippen LogP contribution in [0.15, 0.2) is 103 Å². The first-order chi connectivity index (χ1) is 28.3. The maximum atomic E-state index is 15.1. The minimum absolute atomic E-state index is 0.157. The minimum Gasteiger partial charge on any atom is -0.462 e. The normalized spacial score (nSPS) is 34.3. The van der Waals surface area contributed by atoms with E-state index < -0.39 is 64.5 Å². The molecular formula is C50H56O9. The second-order valence-corrected chi connectivity index (χ2v) is 18.6. The fourth-order valence-electron chi connectivity index (χ4n) is 12.0. The summed E-state index contributed by atoms with van der Waals surface area (Å²) in [7, 11) is 0. The fraction of sp³-hybridized carbons (Fsp3) is 0.500. The maximum absolute atomic E-state index is 15.1. The highest BCUT2D eigenvalue weighted by atomic mass is 16.6. The number of hydrogen-bond donors (Lipinski definition) is 0. The van der Waals surface area contributed by atoms with Crippen molar-refractivity contribution in [2.24, 2.45) is 46.3 Å². The van der Waals surface area contributed by atoms with Gasteiger partial charge in [0, 0.05) is 29.6 Å². The van der Waals surface area contributed by atoms with Crippen molar-refractivity contribution in [2.45, 2.75) is 110 Å². The highest BCUT2D eigenvalue weighted by Crippen LogP contribution is 2.70. The van der Waals surface area contributed by atoms with Crippen molar-refractivity contribution >= 4 is 29.7 Å². The number of carbonyl (C=O) groups excluding carboxylic acids is 5. The number of esters is 4. The first kappa shape index (κ1) is 40.7. The van der Waals surface area contributed by atoms with Gasteiger partial charge in [0.2, 0.25) is 0 Å². The van der Waals surface area contributed by atoms with E-state index in [9.17, 15) is 19.2 Å². The number of carbonyl (C=O) groups is 5. The molecule has 0 radical (unpaired) electrons. The Morgan fingerprint density at radius 3 is 1.85 bits per heavy atom. The van der Waals surface area contributed by atoms with Crippen LogP contribution in [0.5, 0.6) is 0 Å². The number of ether oxygens (including phenoxy) is 4. The maximum Gasteiger partial charge on any atom is 0.338 e. The van der Waals surface area contributed by atoms with Crippen molar-refractivity contribution < 1.29 is 42.9 Å². The van der Waals surface area contributed by atoms with E-state index in [-0.39, 0.29) is 35.4 Å². The summed E-state index contributed by atoms with van der Waals surface area (Å²) in [5.74, 6) is -4.00. The molecular weight excluding hydrogens is 745 g/mol. The number of ketones is 1. The predicted octanol–water partition coefficient (Wildman–Crippen LogP) is 9.40. The quantitative estimate of drug-likeness (QED) is 0.154. The van der Waals surface area contributed by atoms with Gasteiger partial charge in [0.15, 0.2) is 5.78 Å². The van der Waals surface area contributed by atoms with E-state index in [0.717, 1.165) is 18.4 Å². The highest BCUT2D eigenvalue weighted by Gasteiger charge is 2.76. The third kappa shape index (κ3) is 7.02. The molecule has 310 valence electrons. The van der Waals surface area contributed by atoms with Gasteiger partial charge >= 0.3 is 23.9 Å². The predicted molar refractivity (Wildman–Crippen MR) is 220 cm³/mol. The standard InChI is InChI=1S/C50H56O9/c1-30(2)35-27-39(56-40(52)28-35)31(3)37-29-38(51)41-42-44(58-46(54)33-19-11-7-12-20-33)43(57-45(53)32-17-9-6-10-18-32)36-23-15-16-24-49(36,5)50(42,26-25-48(37,41)4)59-47(55)34-21-13-8-14-22-34/h6-14,17-22,29-31,35-36,39,41-44H,15-16,23-28H2,1-5H3/t31?,35?,36?,39?,41?,42?,43-,44-,48-,49+,50-/m1/s1. The average molecular weight is 801 g/mol. The zero-order chi connectivity index (χ0) is 41.7. The van der Waals surface area contributed by atoms with Gasteiger partial charge in [-0.15, -0.1) is 0 Å². The first-order valence-corrected chi connectivity index (χ1v) is 21.5. The molecule has 8 rings (SSSR count). The van der Waals surface area contributed by atoms with Crippen LogP contribution in [0, 0.1) is 46.3 Å². The molecule has 11 atom stereocenters. The van der Waals surface area contributed by atoms with Gasteiger partial charge in [-0.1, -0.05) is 108 Å². The Kier molecular flexibility index (Phi) is 10.9. The van der Waals surface area contributed by atoms with Crippen molar-refractivity contribution in [1.82, 2.24) is 0 Å². The molecule has 0 N–H and O–H groups in total. The van der Waals surface area contributed by atoms with Gasteiger partial charge < -0.3 is 18.9 Å². The molecule has 59 heavy (non-hydrogen) atoms. The van der Waals surface area contributed by atoms with Crippen LogP contribution in [0.3, 0.4) is 0 Å². The SMILES string of the molecule is CC(C)C1CC(=O)OC(C(C)C2=CC(=O)C3C4[C@@H](OC(=O)c5ccccc5)[C@H](OC(=O)c5ccccc5)C5CCCC[C@]5(C)[C@@]4(OC(=O)c4ccccc4)CC[C@]23C)C1. The Labute approximate surface area is 347 Å². The molecule has 1 aliphatic heterocycles. The highest BCUT2D eigenvalue weighted by molar-refractivity contribution is 5.98. The smallest absolute Gasteiger partial charge is 0.338 e. The van der Waals surface area contributed by atoms with Crippen LogP contribution in [-0.2, 0) is 28.5 Å². The molecule has 0 bridgehead atoms. The summed E-state index contributed by atoms with van der Waals surface area (Å²) in [5, 5.41) is 0. The van der Waals surface area contributed by atoms with Crippen LogP contribution >= 0.6 is 0 Å². The molecule has 0 aromatic heterocycles. The Hall–Kier alpha value is -5.05. The largest absolute Gasteiger partial charge is 0.462 e. The average Bonchev–Trinajstić information content (AvgIpc) is 3.51. The van der Waals surface area contributed by atoms with Gasteiger partial charge in [0.05, 0.1) is 22.6 Å². The zero-order valence-electron chi connectivity index (χ0n) is 34.8. The molecule has 4 fully saturated rings. The third-order valence-corrected chi connectivity index (χ3v) is 15.2. The lowest BCUT2D eigenvalue weighted by molar-refractivity contribution is -0.284. The van der Waals surface area contributed by atoms with Gasteiger partial charge in [-0.3, -0.25) is 9.59 Å². The monoisotopic (exact) mass is 800 g/mol. The zero-order valence-corrected chi connectivity index (χ0v) is 34.8. The van der Waals surface area contributed by atoms with Crippen LogP contribution in [0.25, 0.3) is 0 Å². The lowest BCUT2D eigenvalue weighted by Crippen LogP contribution is -2.75. The van der Waals surface area contributed by atoms with E-state index in [1.807, 2.05) is 25.1 Å². The number of benzene rings is 3. The number of cyclic esters (lactones) is 1. The van der Waals surface area contributed by atoms with Crippen LogP contribution in [0.2, 0.25) is 0 Å². The van der Waals surface area contributed by atoms with Crippen molar-refractivity contribution in [3.05, 3.63) is 119 Å². The van der Waals surface area contributed by atoms with Crippen molar-refractivity contribution in [3.63, 3.8) is 0 Å². The third-order valence-electron chi connectivity index (χ3n) is 15.2. The van der Waals surface area contributed by atoms with E-state index in [4.69, 9.17) is 18.9 Å². The van der Waals surface area contributed by atoms with E-state index in [1.165, 1.54) is 0 Å². The molecule has 1 heterocycles. The molecule has 4 aliphatic carbocycles. The molecule has 0 spiro atoms. The number of allylic oxidation sites excluding steroid dienone is 1. The molecule has 9 nitrogen and oxygen atoms in total. The van der Waals surface area contributed by atoms with Crippen LogP contribution in [0.1, 0.15) is 117 Å². The number of fused-ring (bicyclic) bond motifs is 5. The van der Waals surface area contributed by atoms with E-state index in [1.54, 1.807) is 78.9 Å². The van der Waals surface area contributed by atoms with Crippen LogP contribution < -0.4 is 0 Å². The summed E-state index contributed by atoms with van der Waals surface area (Å²) in [6.07, 6.45) is 4.10. The van der Waals surface area contributed by atoms with Crippen molar-refractivity contribution in [1.29, 1.82) is 0 Å². The van der Waals surface area contributed by atoms with E-state index in [0.29, 0.717) is 55.2 Å². The molecule has 5 aliphatic rings. The topological polar surface area (TPSA) is 122 Å². The first-order valence-electron chi connectivity index (χ1n) is 21.5. The Morgan fingerprint density at radius 2 is 1.27 bits per heavy atom. The number of rotatable bonds is 9. The van der Waals surface area contributed by atoms with Gasteiger partial charge in [-0.25, -0.2) is 14.4 Å². The summed E-state index contributed by atoms with van der Waals surface area (Å²) in [6.45, 7) is 10.5. The molecule has 6 unspecified atom stereocenters. The fourth-order valence-corrected chi connectivity index (χ4v) is 12.0. The second-order valence-electron chi connectivity index (χ2n) is 18.6. The van der Waals surface area contributed by atoms with Gasteiger partial charge in [-0.05, 0) is 91.8 Å². The van der Waals surface area contributed by atoms with Gasteiger partial charge in [0.25, 0.3) is 0 Å². The van der Waals surface area contributed by atoms with Crippen LogP contribution in [-0.4, -0.2) is 53.6 Å². The van der Waals surface area contributed by atoms with Crippen LogP contribution in [0.4, 0.5) is 0 Å².